The van der Waals surface area contributed by atoms with Gasteiger partial charge in [0.05, 0.1) is 0 Å². The molecule has 2 rings (SSSR count). The Morgan fingerprint density at radius 1 is 1.29 bits per heavy atom. The van der Waals surface area contributed by atoms with Gasteiger partial charge in [0.15, 0.2) is 0 Å². The predicted molar refractivity (Wildman–Crippen MR) is 69.0 cm³/mol. The van der Waals surface area contributed by atoms with Gasteiger partial charge in [-0.3, -0.25) is 4.98 Å². The van der Waals surface area contributed by atoms with Crippen LogP contribution >= 0.6 is 0 Å². The van der Waals surface area contributed by atoms with Crippen LogP contribution in [-0.4, -0.2) is 31.3 Å². The smallest absolute Gasteiger partial charge is 0.0469 e. The molecule has 0 aliphatic carbocycles. The average Bonchev–Trinajstić information content (AvgIpc) is 2.42. The first-order valence-corrected chi connectivity index (χ1v) is 6.48. The molecule has 0 bridgehead atoms. The van der Waals surface area contributed by atoms with E-state index in [2.05, 4.69) is 36.4 Å². The van der Waals surface area contributed by atoms with Crippen LogP contribution in [0.5, 0.6) is 0 Å². The molecule has 1 saturated heterocycles. The summed E-state index contributed by atoms with van der Waals surface area (Å²) in [4.78, 5) is 4.09. The van der Waals surface area contributed by atoms with Crippen molar-refractivity contribution >= 4 is 0 Å². The molecule has 1 N–H and O–H groups in total. The van der Waals surface area contributed by atoms with Crippen LogP contribution < -0.4 is 5.32 Å². The standard InChI is InChI=1S/C14H22N2O/c1-11(12-3-7-16-8-4-12)14(15-2)13-5-9-17-10-6-13/h3-4,7-8,11,13-15H,5-6,9-10H2,1-2H3. The van der Waals surface area contributed by atoms with Crippen LogP contribution in [0.1, 0.15) is 31.2 Å². The van der Waals surface area contributed by atoms with Gasteiger partial charge in [-0.25, -0.2) is 0 Å². The van der Waals surface area contributed by atoms with Gasteiger partial charge in [-0.1, -0.05) is 6.92 Å². The van der Waals surface area contributed by atoms with E-state index in [0.29, 0.717) is 12.0 Å². The van der Waals surface area contributed by atoms with Gasteiger partial charge in [0, 0.05) is 31.6 Å². The minimum Gasteiger partial charge on any atom is -0.381 e. The number of hydrogen-bond donors (Lipinski definition) is 1. The number of rotatable bonds is 4. The summed E-state index contributed by atoms with van der Waals surface area (Å²) in [6, 6.07) is 4.77. The number of pyridine rings is 1. The van der Waals surface area contributed by atoms with Gasteiger partial charge in [0.1, 0.15) is 0 Å². The first-order chi connectivity index (χ1) is 8.33. The van der Waals surface area contributed by atoms with E-state index >= 15 is 0 Å². The first-order valence-electron chi connectivity index (χ1n) is 6.48. The van der Waals surface area contributed by atoms with E-state index in [9.17, 15) is 0 Å². The minimum atomic E-state index is 0.520. The van der Waals surface area contributed by atoms with E-state index in [0.717, 1.165) is 19.1 Å². The second kappa shape index (κ2) is 6.12. The lowest BCUT2D eigenvalue weighted by Crippen LogP contribution is -2.40. The molecule has 1 fully saturated rings. The van der Waals surface area contributed by atoms with Gasteiger partial charge in [-0.05, 0) is 49.4 Å². The van der Waals surface area contributed by atoms with Crippen LogP contribution in [0, 0.1) is 5.92 Å². The summed E-state index contributed by atoms with van der Waals surface area (Å²) in [7, 11) is 2.07. The lowest BCUT2D eigenvalue weighted by Gasteiger charge is -2.34. The van der Waals surface area contributed by atoms with Gasteiger partial charge in [-0.2, -0.15) is 0 Å². The molecule has 0 spiro atoms. The SMILES string of the molecule is CNC(C1CCOCC1)C(C)c1ccncc1. The van der Waals surface area contributed by atoms with Gasteiger partial charge < -0.3 is 10.1 Å². The van der Waals surface area contributed by atoms with Crippen LogP contribution in [-0.2, 0) is 4.74 Å². The third-order valence-corrected chi connectivity index (χ3v) is 3.88. The first kappa shape index (κ1) is 12.5. The fourth-order valence-electron chi connectivity index (χ4n) is 2.84. The van der Waals surface area contributed by atoms with E-state index < -0.39 is 0 Å². The molecule has 0 aromatic carbocycles. The van der Waals surface area contributed by atoms with Crippen molar-refractivity contribution in [2.75, 3.05) is 20.3 Å². The highest BCUT2D eigenvalue weighted by molar-refractivity contribution is 5.17. The summed E-state index contributed by atoms with van der Waals surface area (Å²) in [5.74, 6) is 1.24. The Hall–Kier alpha value is -0.930. The third kappa shape index (κ3) is 3.05. The van der Waals surface area contributed by atoms with E-state index in [-0.39, 0.29) is 0 Å². The molecule has 2 unspecified atom stereocenters. The predicted octanol–water partition coefficient (Wildman–Crippen LogP) is 2.20. The van der Waals surface area contributed by atoms with Gasteiger partial charge in [-0.15, -0.1) is 0 Å². The lowest BCUT2D eigenvalue weighted by molar-refractivity contribution is 0.0517. The Kier molecular flexibility index (Phi) is 4.51. The molecule has 3 nitrogen and oxygen atoms in total. The van der Waals surface area contributed by atoms with Gasteiger partial charge in [0.2, 0.25) is 0 Å². The summed E-state index contributed by atoms with van der Waals surface area (Å²) >= 11 is 0. The molecular weight excluding hydrogens is 212 g/mol. The van der Waals surface area contributed by atoms with Gasteiger partial charge >= 0.3 is 0 Å². The van der Waals surface area contributed by atoms with Crippen molar-refractivity contribution in [2.45, 2.75) is 31.7 Å². The van der Waals surface area contributed by atoms with Crippen LogP contribution in [0.3, 0.4) is 0 Å². The minimum absolute atomic E-state index is 0.520. The zero-order valence-corrected chi connectivity index (χ0v) is 10.7. The number of aromatic nitrogens is 1. The zero-order valence-electron chi connectivity index (χ0n) is 10.7. The highest BCUT2D eigenvalue weighted by Crippen LogP contribution is 2.29. The second-order valence-corrected chi connectivity index (χ2v) is 4.83. The molecule has 1 aliphatic rings. The van der Waals surface area contributed by atoms with Crippen molar-refractivity contribution in [3.63, 3.8) is 0 Å². The highest BCUT2D eigenvalue weighted by Gasteiger charge is 2.27. The Balaban J connectivity index is 2.06. The van der Waals surface area contributed by atoms with Crippen molar-refractivity contribution in [1.29, 1.82) is 0 Å². The summed E-state index contributed by atoms with van der Waals surface area (Å²) in [5.41, 5.74) is 1.37. The number of ether oxygens (including phenoxy) is 1. The molecule has 1 aromatic heterocycles. The maximum Gasteiger partial charge on any atom is 0.0469 e. The number of hydrogen-bond acceptors (Lipinski definition) is 3. The third-order valence-electron chi connectivity index (χ3n) is 3.88. The van der Waals surface area contributed by atoms with Crippen LogP contribution in [0.15, 0.2) is 24.5 Å². The van der Waals surface area contributed by atoms with E-state index in [4.69, 9.17) is 4.74 Å². The molecule has 2 atom stereocenters. The summed E-state index contributed by atoms with van der Waals surface area (Å²) in [5, 5.41) is 3.49. The number of likely N-dealkylation sites (N-methyl/N-ethyl adjacent to an activating group) is 1. The molecule has 0 amide bonds. The Labute approximate surface area is 104 Å². The fraction of sp³-hybridized carbons (Fsp3) is 0.643. The molecule has 2 heterocycles. The van der Waals surface area contributed by atoms with Crippen LogP contribution in [0.25, 0.3) is 0 Å². The van der Waals surface area contributed by atoms with Crippen molar-refractivity contribution in [3.05, 3.63) is 30.1 Å². The Morgan fingerprint density at radius 2 is 1.94 bits per heavy atom. The Morgan fingerprint density at radius 3 is 2.53 bits per heavy atom. The number of nitrogens with zero attached hydrogens (tertiary/aromatic N) is 1. The van der Waals surface area contributed by atoms with Crippen LogP contribution in [0.4, 0.5) is 0 Å². The van der Waals surface area contributed by atoms with Crippen LogP contribution in [0.2, 0.25) is 0 Å². The number of nitrogens with one attached hydrogen (secondary N) is 1. The van der Waals surface area contributed by atoms with Gasteiger partial charge in [0.25, 0.3) is 0 Å². The van der Waals surface area contributed by atoms with Crippen molar-refractivity contribution in [2.24, 2.45) is 5.92 Å². The zero-order chi connectivity index (χ0) is 12.1. The molecule has 1 aromatic rings. The molecule has 3 heteroatoms. The van der Waals surface area contributed by atoms with E-state index in [1.165, 1.54) is 18.4 Å². The molecule has 0 saturated carbocycles. The van der Waals surface area contributed by atoms with Crippen molar-refractivity contribution in [1.82, 2.24) is 10.3 Å². The molecule has 1 aliphatic heterocycles. The quantitative estimate of drug-likeness (QED) is 0.867. The monoisotopic (exact) mass is 234 g/mol. The lowest BCUT2D eigenvalue weighted by atomic mass is 9.81. The molecule has 17 heavy (non-hydrogen) atoms. The normalized spacial score (nSPS) is 21.1. The van der Waals surface area contributed by atoms with Crippen molar-refractivity contribution in [3.8, 4) is 0 Å². The maximum absolute atomic E-state index is 5.44. The molecule has 94 valence electrons. The second-order valence-electron chi connectivity index (χ2n) is 4.83. The summed E-state index contributed by atoms with van der Waals surface area (Å²) in [6.07, 6.45) is 6.09. The largest absolute Gasteiger partial charge is 0.381 e. The van der Waals surface area contributed by atoms with Crippen molar-refractivity contribution < 1.29 is 4.74 Å². The highest BCUT2D eigenvalue weighted by atomic mass is 16.5. The summed E-state index contributed by atoms with van der Waals surface area (Å²) < 4.78 is 5.44. The fourth-order valence-corrected chi connectivity index (χ4v) is 2.84. The Bertz CT molecular complexity index is 322. The molecule has 0 radical (unpaired) electrons. The molecular formula is C14H22N2O. The van der Waals surface area contributed by atoms with E-state index in [1.807, 2.05) is 12.4 Å². The topological polar surface area (TPSA) is 34.1 Å². The average molecular weight is 234 g/mol. The maximum atomic E-state index is 5.44. The van der Waals surface area contributed by atoms with E-state index in [1.54, 1.807) is 0 Å². The summed E-state index contributed by atoms with van der Waals surface area (Å²) in [6.45, 7) is 4.11.